The largest absolute Gasteiger partial charge is 0.495 e. The first-order valence-electron chi connectivity index (χ1n) is 12.4. The number of aromatic nitrogens is 2. The van der Waals surface area contributed by atoms with Crippen molar-refractivity contribution in [3.8, 4) is 17.4 Å². The normalized spacial score (nSPS) is 13.2. The number of rotatable bonds is 12. The van der Waals surface area contributed by atoms with E-state index in [4.69, 9.17) is 25.4 Å². The van der Waals surface area contributed by atoms with Crippen LogP contribution in [-0.4, -0.2) is 47.1 Å². The molecule has 2 aromatic heterocycles. The molecule has 2 unspecified atom stereocenters. The Balaban J connectivity index is 1.81. The van der Waals surface area contributed by atoms with Crippen molar-refractivity contribution in [2.45, 2.75) is 50.9 Å². The van der Waals surface area contributed by atoms with Crippen molar-refractivity contribution >= 4 is 11.7 Å². The fraction of sp³-hybridized carbons (Fsp3) is 0.357. The van der Waals surface area contributed by atoms with Gasteiger partial charge in [-0.25, -0.2) is 4.98 Å². The summed E-state index contributed by atoms with van der Waals surface area (Å²) in [4.78, 5) is 21.4. The number of halogens is 3. The molecule has 0 fully saturated rings. The molecule has 3 aromatic rings. The van der Waals surface area contributed by atoms with Gasteiger partial charge < -0.3 is 25.3 Å². The van der Waals surface area contributed by atoms with Crippen molar-refractivity contribution in [1.29, 1.82) is 5.41 Å². The summed E-state index contributed by atoms with van der Waals surface area (Å²) in [5, 5.41) is 10.4. The Kier molecular flexibility index (Phi) is 9.56. The zero-order valence-electron chi connectivity index (χ0n) is 22.6. The van der Waals surface area contributed by atoms with Crippen molar-refractivity contribution in [3.05, 3.63) is 77.7 Å². The SMILES string of the molecule is COc1ccc(CC(c2cccc(OCC(=N)N)c2)C(C)NC(=O)C(C)(C)Oc2ccc(C(F)(F)F)cn2)nc1. The standard InChI is InChI=1S/C28H32F3N5O4/c1-17(36-26(37)27(2,3)40-25-11-8-19(14-35-25)28(29,30)31)23(13-20-9-10-22(38-4)15-34-20)18-6-5-7-21(12-18)39-16-24(32)33/h5-12,14-15,17,23H,13,16H2,1-4H3,(H3,32,33)(H,36,37). The van der Waals surface area contributed by atoms with Crippen molar-refractivity contribution in [2.75, 3.05) is 13.7 Å². The van der Waals surface area contributed by atoms with Crippen LogP contribution in [0.2, 0.25) is 0 Å². The molecule has 0 aliphatic carbocycles. The number of alkyl halides is 3. The first-order chi connectivity index (χ1) is 18.8. The van der Waals surface area contributed by atoms with Gasteiger partial charge in [-0.2, -0.15) is 13.2 Å². The van der Waals surface area contributed by atoms with Crippen LogP contribution in [0.3, 0.4) is 0 Å². The van der Waals surface area contributed by atoms with Gasteiger partial charge in [0, 0.05) is 29.9 Å². The molecule has 2 atom stereocenters. The highest BCUT2D eigenvalue weighted by Gasteiger charge is 2.35. The van der Waals surface area contributed by atoms with Crippen LogP contribution in [0.5, 0.6) is 17.4 Å². The zero-order chi connectivity index (χ0) is 29.5. The molecule has 1 aromatic carbocycles. The van der Waals surface area contributed by atoms with E-state index in [1.165, 1.54) is 13.8 Å². The van der Waals surface area contributed by atoms with Gasteiger partial charge in [0.05, 0.1) is 18.9 Å². The lowest BCUT2D eigenvalue weighted by Crippen LogP contribution is -2.51. The van der Waals surface area contributed by atoms with Gasteiger partial charge in [0.2, 0.25) is 5.88 Å². The van der Waals surface area contributed by atoms with Crippen LogP contribution in [0.1, 0.15) is 43.5 Å². The molecular formula is C28H32F3N5O4. The summed E-state index contributed by atoms with van der Waals surface area (Å²) in [5.74, 6) is 0.127. The second-order valence-electron chi connectivity index (χ2n) is 9.64. The van der Waals surface area contributed by atoms with Gasteiger partial charge in [-0.1, -0.05) is 12.1 Å². The first kappa shape index (κ1) is 30.2. The number of ether oxygens (including phenoxy) is 3. The number of hydrogen-bond acceptors (Lipinski definition) is 7. The Morgan fingerprint density at radius 2 is 1.82 bits per heavy atom. The van der Waals surface area contributed by atoms with Gasteiger partial charge >= 0.3 is 6.18 Å². The molecular weight excluding hydrogens is 527 g/mol. The van der Waals surface area contributed by atoms with Crippen molar-refractivity contribution in [1.82, 2.24) is 15.3 Å². The Labute approximate surface area is 230 Å². The lowest BCUT2D eigenvalue weighted by Gasteiger charge is -2.30. The quantitative estimate of drug-likeness (QED) is 0.220. The molecule has 0 saturated heterocycles. The predicted octanol–water partition coefficient (Wildman–Crippen LogP) is 4.51. The Bertz CT molecular complexity index is 1300. The van der Waals surface area contributed by atoms with E-state index in [1.54, 1.807) is 31.5 Å². The van der Waals surface area contributed by atoms with Crippen LogP contribution < -0.4 is 25.3 Å². The molecule has 3 rings (SSSR count). The molecule has 0 aliphatic heterocycles. The number of pyridine rings is 2. The molecule has 0 radical (unpaired) electrons. The summed E-state index contributed by atoms with van der Waals surface area (Å²) in [7, 11) is 1.55. The Morgan fingerprint density at radius 3 is 2.40 bits per heavy atom. The highest BCUT2D eigenvalue weighted by Crippen LogP contribution is 2.31. The van der Waals surface area contributed by atoms with Crippen LogP contribution in [0.25, 0.3) is 0 Å². The number of carbonyl (C=O) groups is 1. The van der Waals surface area contributed by atoms with Crippen LogP contribution in [0.4, 0.5) is 13.2 Å². The number of carbonyl (C=O) groups excluding carboxylic acids is 1. The third-order valence-electron chi connectivity index (χ3n) is 6.08. The van der Waals surface area contributed by atoms with Crippen molar-refractivity contribution in [3.63, 3.8) is 0 Å². The van der Waals surface area contributed by atoms with Crippen LogP contribution in [-0.2, 0) is 17.4 Å². The molecule has 214 valence electrons. The van der Waals surface area contributed by atoms with E-state index in [2.05, 4.69) is 15.3 Å². The topological polar surface area (TPSA) is 132 Å². The first-order valence-corrected chi connectivity index (χ1v) is 12.4. The number of nitrogens with one attached hydrogen (secondary N) is 2. The van der Waals surface area contributed by atoms with E-state index < -0.39 is 29.3 Å². The number of amidine groups is 1. The number of amides is 1. The lowest BCUT2D eigenvalue weighted by atomic mass is 9.87. The number of hydrogen-bond donors (Lipinski definition) is 3. The molecule has 1 amide bonds. The van der Waals surface area contributed by atoms with Crippen LogP contribution in [0.15, 0.2) is 60.9 Å². The Hall–Kier alpha value is -4.35. The molecule has 0 bridgehead atoms. The molecule has 0 saturated carbocycles. The zero-order valence-corrected chi connectivity index (χ0v) is 22.6. The van der Waals surface area contributed by atoms with Crippen LogP contribution in [0, 0.1) is 5.41 Å². The van der Waals surface area contributed by atoms with E-state index in [1.807, 2.05) is 25.1 Å². The second-order valence-corrected chi connectivity index (χ2v) is 9.64. The van der Waals surface area contributed by atoms with Gasteiger partial charge in [-0.15, -0.1) is 0 Å². The van der Waals surface area contributed by atoms with Gasteiger partial charge in [-0.05, 0) is 63.1 Å². The third kappa shape index (κ3) is 8.32. The van der Waals surface area contributed by atoms with E-state index in [9.17, 15) is 18.0 Å². The minimum absolute atomic E-state index is 0.0655. The number of methoxy groups -OCH3 is 1. The van der Waals surface area contributed by atoms with E-state index in [0.717, 1.165) is 23.4 Å². The minimum atomic E-state index is -4.53. The van der Waals surface area contributed by atoms with E-state index >= 15 is 0 Å². The number of nitrogens with zero attached hydrogens (tertiary/aromatic N) is 2. The maximum absolute atomic E-state index is 13.3. The van der Waals surface area contributed by atoms with Gasteiger partial charge in [0.15, 0.2) is 5.60 Å². The van der Waals surface area contributed by atoms with Crippen molar-refractivity contribution in [2.24, 2.45) is 5.73 Å². The van der Waals surface area contributed by atoms with Gasteiger partial charge in [0.1, 0.15) is 23.9 Å². The maximum atomic E-state index is 13.3. The fourth-order valence-electron chi connectivity index (χ4n) is 3.85. The highest BCUT2D eigenvalue weighted by molar-refractivity contribution is 5.85. The average Bonchev–Trinajstić information content (AvgIpc) is 2.90. The van der Waals surface area contributed by atoms with Gasteiger partial charge in [-0.3, -0.25) is 15.2 Å². The molecule has 4 N–H and O–H groups in total. The molecule has 2 heterocycles. The lowest BCUT2D eigenvalue weighted by molar-refractivity contribution is -0.138. The van der Waals surface area contributed by atoms with E-state index in [0.29, 0.717) is 24.1 Å². The number of nitrogens with two attached hydrogens (primary N) is 1. The monoisotopic (exact) mass is 559 g/mol. The maximum Gasteiger partial charge on any atom is 0.417 e. The summed E-state index contributed by atoms with van der Waals surface area (Å²) < 4.78 is 55.0. The molecule has 0 spiro atoms. The number of benzene rings is 1. The molecule has 12 heteroatoms. The summed E-state index contributed by atoms with van der Waals surface area (Å²) in [5.41, 5.74) is 4.65. The predicted molar refractivity (Wildman–Crippen MR) is 143 cm³/mol. The molecule has 0 aliphatic rings. The summed E-state index contributed by atoms with van der Waals surface area (Å²) in [6.07, 6.45) is -1.82. The molecule has 40 heavy (non-hydrogen) atoms. The third-order valence-corrected chi connectivity index (χ3v) is 6.08. The van der Waals surface area contributed by atoms with Crippen LogP contribution >= 0.6 is 0 Å². The summed E-state index contributed by atoms with van der Waals surface area (Å²) in [6, 6.07) is 12.4. The van der Waals surface area contributed by atoms with Gasteiger partial charge in [0.25, 0.3) is 5.91 Å². The fourth-order valence-corrected chi connectivity index (χ4v) is 3.85. The molecule has 9 nitrogen and oxygen atoms in total. The minimum Gasteiger partial charge on any atom is -0.495 e. The second kappa shape index (κ2) is 12.7. The smallest absolute Gasteiger partial charge is 0.417 e. The average molecular weight is 560 g/mol. The highest BCUT2D eigenvalue weighted by atomic mass is 19.4. The summed E-state index contributed by atoms with van der Waals surface area (Å²) in [6.45, 7) is 4.78. The van der Waals surface area contributed by atoms with E-state index in [-0.39, 0.29) is 24.2 Å². The summed E-state index contributed by atoms with van der Waals surface area (Å²) >= 11 is 0. The van der Waals surface area contributed by atoms with Crippen molar-refractivity contribution < 1.29 is 32.2 Å². The Morgan fingerprint density at radius 1 is 1.07 bits per heavy atom.